The van der Waals surface area contributed by atoms with Crippen LogP contribution in [0, 0.1) is 17.0 Å². The zero-order valence-electron chi connectivity index (χ0n) is 15.5. The van der Waals surface area contributed by atoms with Crippen LogP contribution < -0.4 is 4.90 Å². The van der Waals surface area contributed by atoms with Gasteiger partial charge in [0.2, 0.25) is 5.82 Å². The van der Waals surface area contributed by atoms with Crippen molar-refractivity contribution in [2.75, 3.05) is 25.1 Å². The third kappa shape index (κ3) is 3.66. The molecule has 2 aromatic rings. The smallest absolute Gasteiger partial charge is 0.368 e. The number of nitrogens with zero attached hydrogens (tertiary/aromatic N) is 6. The summed E-state index contributed by atoms with van der Waals surface area (Å²) in [5.41, 5.74) is -0.812. The molecule has 0 amide bonds. The van der Waals surface area contributed by atoms with Crippen LogP contribution in [-0.2, 0) is 23.8 Å². The van der Waals surface area contributed by atoms with E-state index in [1.54, 1.807) is 18.9 Å². The average molecular weight is 404 g/mol. The fraction of sp³-hybridized carbons (Fsp3) is 0.667. The third-order valence-electron chi connectivity index (χ3n) is 4.82. The Kier molecular flexibility index (Phi) is 5.04. The first kappa shape index (κ1) is 20.0. The summed E-state index contributed by atoms with van der Waals surface area (Å²) in [6.07, 6.45) is -5.12. The molecule has 10 nitrogen and oxygen atoms in total. The summed E-state index contributed by atoms with van der Waals surface area (Å²) in [6, 6.07) is 0. The van der Waals surface area contributed by atoms with E-state index in [4.69, 9.17) is 9.26 Å². The van der Waals surface area contributed by atoms with Gasteiger partial charge >= 0.3 is 11.9 Å². The highest BCUT2D eigenvalue weighted by Gasteiger charge is 2.44. The van der Waals surface area contributed by atoms with E-state index in [2.05, 4.69) is 15.2 Å². The maximum absolute atomic E-state index is 12.5. The number of alkyl halides is 3. The molecule has 1 aliphatic heterocycles. The monoisotopic (exact) mass is 404 g/mol. The fourth-order valence-electron chi connectivity index (χ4n) is 3.48. The van der Waals surface area contributed by atoms with E-state index in [1.165, 1.54) is 11.8 Å². The standard InChI is InChI=1S/C15H19F3N6O4/c1-9-11(24(25)26)12(22(2)20-9)23-6-4-14(27-3,5-7-23)13-19-10(21-28-13)8-15(16,17)18/h4-8H2,1-3H3. The van der Waals surface area contributed by atoms with E-state index in [0.29, 0.717) is 37.4 Å². The van der Waals surface area contributed by atoms with Crippen molar-refractivity contribution < 1.29 is 27.4 Å². The number of methoxy groups -OCH3 is 1. The van der Waals surface area contributed by atoms with Crippen LogP contribution in [0.2, 0.25) is 0 Å². The largest absolute Gasteiger partial charge is 0.396 e. The van der Waals surface area contributed by atoms with Gasteiger partial charge in [0.25, 0.3) is 5.89 Å². The lowest BCUT2D eigenvalue weighted by atomic mass is 9.90. The maximum Gasteiger partial charge on any atom is 0.396 e. The molecule has 0 aromatic carbocycles. The summed E-state index contributed by atoms with van der Waals surface area (Å²) in [7, 11) is 3.04. The van der Waals surface area contributed by atoms with Crippen molar-refractivity contribution in [3.05, 3.63) is 27.5 Å². The maximum atomic E-state index is 12.5. The number of aryl methyl sites for hydroxylation is 2. The first-order valence-corrected chi connectivity index (χ1v) is 8.44. The van der Waals surface area contributed by atoms with E-state index in [9.17, 15) is 23.3 Å². The summed E-state index contributed by atoms with van der Waals surface area (Å²) in [5, 5.41) is 18.9. The van der Waals surface area contributed by atoms with Crippen LogP contribution in [-0.4, -0.2) is 51.2 Å². The molecule has 28 heavy (non-hydrogen) atoms. The predicted octanol–water partition coefficient (Wildman–Crippen LogP) is 2.27. The van der Waals surface area contributed by atoms with Crippen molar-refractivity contribution in [2.45, 2.75) is 38.0 Å². The molecule has 0 atom stereocenters. The Morgan fingerprint density at radius 3 is 2.54 bits per heavy atom. The second kappa shape index (κ2) is 7.04. The minimum atomic E-state index is -4.44. The van der Waals surface area contributed by atoms with Crippen molar-refractivity contribution >= 4 is 11.5 Å². The highest BCUT2D eigenvalue weighted by Crippen LogP contribution is 2.39. The second-order valence-electron chi connectivity index (χ2n) is 6.63. The molecule has 0 bridgehead atoms. The summed E-state index contributed by atoms with van der Waals surface area (Å²) in [4.78, 5) is 16.6. The quantitative estimate of drug-likeness (QED) is 0.551. The van der Waals surface area contributed by atoms with Crippen molar-refractivity contribution in [1.82, 2.24) is 19.9 Å². The zero-order valence-corrected chi connectivity index (χ0v) is 15.5. The average Bonchev–Trinajstić information content (AvgIpc) is 3.17. The van der Waals surface area contributed by atoms with Crippen molar-refractivity contribution in [2.24, 2.45) is 7.05 Å². The van der Waals surface area contributed by atoms with Crippen LogP contribution >= 0.6 is 0 Å². The topological polar surface area (TPSA) is 112 Å². The van der Waals surface area contributed by atoms with Gasteiger partial charge in [0, 0.05) is 40.1 Å². The number of rotatable bonds is 5. The molecule has 3 heterocycles. The van der Waals surface area contributed by atoms with Crippen molar-refractivity contribution in [3.63, 3.8) is 0 Å². The molecule has 0 radical (unpaired) electrons. The lowest BCUT2D eigenvalue weighted by Crippen LogP contribution is -2.44. The van der Waals surface area contributed by atoms with Gasteiger partial charge < -0.3 is 14.2 Å². The zero-order chi connectivity index (χ0) is 20.7. The van der Waals surface area contributed by atoms with Crippen LogP contribution in [0.5, 0.6) is 0 Å². The van der Waals surface area contributed by atoms with Gasteiger partial charge in [0.15, 0.2) is 5.82 Å². The Morgan fingerprint density at radius 1 is 1.36 bits per heavy atom. The number of ether oxygens (including phenoxy) is 1. The van der Waals surface area contributed by atoms with Crippen LogP contribution in [0.4, 0.5) is 24.7 Å². The Bertz CT molecular complexity index is 870. The molecule has 154 valence electrons. The van der Waals surface area contributed by atoms with Gasteiger partial charge in [-0.15, -0.1) is 0 Å². The van der Waals surface area contributed by atoms with Gasteiger partial charge in [-0.2, -0.15) is 23.3 Å². The number of piperidine rings is 1. The van der Waals surface area contributed by atoms with Crippen LogP contribution in [0.1, 0.15) is 30.3 Å². The van der Waals surface area contributed by atoms with Gasteiger partial charge in [-0.05, 0) is 6.92 Å². The van der Waals surface area contributed by atoms with Crippen molar-refractivity contribution in [1.29, 1.82) is 0 Å². The number of hydrogen-bond donors (Lipinski definition) is 0. The molecular formula is C15H19F3N6O4. The Morgan fingerprint density at radius 2 is 2.00 bits per heavy atom. The third-order valence-corrected chi connectivity index (χ3v) is 4.82. The molecule has 3 rings (SSSR count). The molecule has 1 fully saturated rings. The Balaban J connectivity index is 1.81. The van der Waals surface area contributed by atoms with E-state index in [-0.39, 0.29) is 11.6 Å². The second-order valence-corrected chi connectivity index (χ2v) is 6.63. The van der Waals surface area contributed by atoms with Gasteiger partial charge in [-0.3, -0.25) is 10.1 Å². The molecule has 13 heteroatoms. The fourth-order valence-corrected chi connectivity index (χ4v) is 3.48. The number of halogens is 3. The Hall–Kier alpha value is -2.70. The number of nitro groups is 1. The van der Waals surface area contributed by atoms with Crippen LogP contribution in [0.25, 0.3) is 0 Å². The molecule has 0 unspecified atom stereocenters. The minimum absolute atomic E-state index is 0.0235. The van der Waals surface area contributed by atoms with E-state index in [1.807, 2.05) is 0 Å². The highest BCUT2D eigenvalue weighted by atomic mass is 19.4. The molecule has 0 N–H and O–H groups in total. The normalized spacial score (nSPS) is 17.1. The molecule has 2 aromatic heterocycles. The molecule has 0 spiro atoms. The highest BCUT2D eigenvalue weighted by molar-refractivity contribution is 5.61. The van der Waals surface area contributed by atoms with Gasteiger partial charge in [0.05, 0.1) is 4.92 Å². The molecule has 1 saturated heterocycles. The Labute approximate surface area is 157 Å². The SMILES string of the molecule is COC1(c2nc(CC(F)(F)F)no2)CCN(c2c([N+](=O)[O-])c(C)nn2C)CC1. The predicted molar refractivity (Wildman–Crippen MR) is 88.8 cm³/mol. The van der Waals surface area contributed by atoms with E-state index < -0.39 is 28.9 Å². The van der Waals surface area contributed by atoms with E-state index in [0.717, 1.165) is 0 Å². The first-order chi connectivity index (χ1) is 13.1. The van der Waals surface area contributed by atoms with Gasteiger partial charge in [0.1, 0.15) is 17.7 Å². The minimum Gasteiger partial charge on any atom is -0.368 e. The number of hydrogen-bond acceptors (Lipinski definition) is 8. The summed E-state index contributed by atoms with van der Waals surface area (Å²) in [5.74, 6) is -0.112. The molecular weight excluding hydrogens is 385 g/mol. The van der Waals surface area contributed by atoms with Crippen LogP contribution in [0.15, 0.2) is 4.52 Å². The molecule has 1 aliphatic rings. The van der Waals surface area contributed by atoms with Gasteiger partial charge in [-0.25, -0.2) is 4.68 Å². The van der Waals surface area contributed by atoms with Gasteiger partial charge in [-0.1, -0.05) is 5.16 Å². The molecule has 0 aliphatic carbocycles. The first-order valence-electron chi connectivity index (χ1n) is 8.44. The van der Waals surface area contributed by atoms with Crippen molar-refractivity contribution in [3.8, 4) is 0 Å². The number of anilines is 1. The summed E-state index contributed by atoms with van der Waals surface area (Å²) >= 11 is 0. The number of aromatic nitrogens is 4. The molecule has 0 saturated carbocycles. The summed E-state index contributed by atoms with van der Waals surface area (Å²) < 4.78 is 49.6. The van der Waals surface area contributed by atoms with E-state index >= 15 is 0 Å². The summed E-state index contributed by atoms with van der Waals surface area (Å²) in [6.45, 7) is 2.24. The van der Waals surface area contributed by atoms with Crippen LogP contribution in [0.3, 0.4) is 0 Å². The lowest BCUT2D eigenvalue weighted by molar-refractivity contribution is -0.384. The lowest BCUT2D eigenvalue weighted by Gasteiger charge is -2.38.